The van der Waals surface area contributed by atoms with Crippen LogP contribution in [0.25, 0.3) is 0 Å². The van der Waals surface area contributed by atoms with Gasteiger partial charge < -0.3 is 5.32 Å². The number of nitrogens with one attached hydrogen (secondary N) is 1. The third kappa shape index (κ3) is 8.19. The van der Waals surface area contributed by atoms with Gasteiger partial charge in [-0.25, -0.2) is 4.39 Å². The number of benzene rings is 1. The Hall–Kier alpha value is -2.44. The summed E-state index contributed by atoms with van der Waals surface area (Å²) in [6.45, 7) is 22.3. The van der Waals surface area contributed by atoms with Crippen LogP contribution in [-0.2, 0) is 6.42 Å². The molecule has 0 fully saturated rings. The smallest absolute Gasteiger partial charge is 0.123 e. The van der Waals surface area contributed by atoms with Gasteiger partial charge in [0.2, 0.25) is 0 Å². The molecule has 0 saturated carbocycles. The lowest BCUT2D eigenvalue weighted by Gasteiger charge is -2.11. The van der Waals surface area contributed by atoms with E-state index in [2.05, 4.69) is 44.6 Å². The van der Waals surface area contributed by atoms with Crippen LogP contribution in [0.15, 0.2) is 96.5 Å². The standard InChI is InChI=1S/C20H21FNP.C4H8/c1-5-6-14(2)20-13-19(16(4)23-20)15(3)22-12-11-17-7-9-18(21)10-8-17;1-4(2)3/h5-10,13,22H,1,3-4,11-12H2,2H3;1H2,2-3H3/b14-6+;. The van der Waals surface area contributed by atoms with Crippen molar-refractivity contribution in [1.82, 2.24) is 5.32 Å². The van der Waals surface area contributed by atoms with Crippen molar-refractivity contribution < 1.29 is 4.39 Å². The van der Waals surface area contributed by atoms with Gasteiger partial charge in [0.15, 0.2) is 0 Å². The molecule has 3 heteroatoms. The molecule has 2 rings (SSSR count). The molecule has 1 nitrogen and oxygen atoms in total. The van der Waals surface area contributed by atoms with Gasteiger partial charge in [-0.3, -0.25) is 0 Å². The van der Waals surface area contributed by atoms with Gasteiger partial charge in [-0.1, -0.05) is 57.8 Å². The maximum atomic E-state index is 12.9. The highest BCUT2D eigenvalue weighted by atomic mass is 31.1. The highest BCUT2D eigenvalue weighted by Crippen LogP contribution is 2.34. The molecular formula is C24H29FNP. The summed E-state index contributed by atoms with van der Waals surface area (Å²) >= 11 is 0. The Morgan fingerprint density at radius 3 is 2.30 bits per heavy atom. The first kappa shape index (κ1) is 22.6. The highest BCUT2D eigenvalue weighted by molar-refractivity contribution is 7.47. The molecule has 142 valence electrons. The van der Waals surface area contributed by atoms with Gasteiger partial charge >= 0.3 is 0 Å². The van der Waals surface area contributed by atoms with Crippen LogP contribution >= 0.6 is 8.20 Å². The van der Waals surface area contributed by atoms with Crippen molar-refractivity contribution in [3.63, 3.8) is 0 Å². The lowest BCUT2D eigenvalue weighted by Crippen LogP contribution is -2.17. The Balaban J connectivity index is 0.000000828. The molecule has 0 amide bonds. The van der Waals surface area contributed by atoms with Crippen LogP contribution in [0.1, 0.15) is 26.3 Å². The van der Waals surface area contributed by atoms with E-state index in [4.69, 9.17) is 0 Å². The molecule has 0 aliphatic carbocycles. The lowest BCUT2D eigenvalue weighted by atomic mass is 10.1. The maximum absolute atomic E-state index is 12.9. The van der Waals surface area contributed by atoms with Crippen LogP contribution < -0.4 is 5.32 Å². The van der Waals surface area contributed by atoms with Crippen molar-refractivity contribution in [3.8, 4) is 0 Å². The van der Waals surface area contributed by atoms with Crippen molar-refractivity contribution in [2.45, 2.75) is 27.2 Å². The van der Waals surface area contributed by atoms with E-state index in [0.29, 0.717) is 0 Å². The minimum absolute atomic E-state index is 0.205. The average molecular weight is 381 g/mol. The Labute approximate surface area is 165 Å². The zero-order chi connectivity index (χ0) is 20.4. The van der Waals surface area contributed by atoms with E-state index in [1.807, 2.05) is 32.1 Å². The van der Waals surface area contributed by atoms with Gasteiger partial charge in [0.25, 0.3) is 0 Å². The third-order valence-corrected chi connectivity index (χ3v) is 4.84. The van der Waals surface area contributed by atoms with E-state index in [9.17, 15) is 4.39 Å². The van der Waals surface area contributed by atoms with Crippen molar-refractivity contribution in [1.29, 1.82) is 0 Å². The molecule has 1 aromatic rings. The third-order valence-electron chi connectivity index (χ3n) is 3.61. The first-order chi connectivity index (χ1) is 12.7. The maximum Gasteiger partial charge on any atom is 0.123 e. The number of hydrogen-bond donors (Lipinski definition) is 1. The minimum atomic E-state index is -0.205. The Morgan fingerprint density at radius 1 is 1.15 bits per heavy atom. The molecule has 1 aliphatic rings. The van der Waals surface area contributed by atoms with Gasteiger partial charge in [0, 0.05) is 28.4 Å². The van der Waals surface area contributed by atoms with Crippen molar-refractivity contribution >= 4 is 13.5 Å². The SMILES string of the molecule is C=C(C)C.C=C/C=C(\C)C1=PC(=C)C(C(=C)NCCc2ccc(F)cc2)=C1. The molecule has 0 unspecified atom stereocenters. The summed E-state index contributed by atoms with van der Waals surface area (Å²) in [7, 11) is 1.12. The lowest BCUT2D eigenvalue weighted by molar-refractivity contribution is 0.626. The van der Waals surface area contributed by atoms with E-state index < -0.39 is 0 Å². The summed E-state index contributed by atoms with van der Waals surface area (Å²) in [6, 6.07) is 6.59. The molecule has 1 heterocycles. The monoisotopic (exact) mass is 381 g/mol. The molecule has 0 aromatic heterocycles. The summed E-state index contributed by atoms with van der Waals surface area (Å²) in [4.78, 5) is 0. The Morgan fingerprint density at radius 2 is 1.74 bits per heavy atom. The predicted molar refractivity (Wildman–Crippen MR) is 121 cm³/mol. The molecule has 0 radical (unpaired) electrons. The largest absolute Gasteiger partial charge is 0.385 e. The molecule has 0 saturated heterocycles. The van der Waals surface area contributed by atoms with Gasteiger partial charge in [-0.15, -0.1) is 6.58 Å². The number of rotatable bonds is 7. The fourth-order valence-electron chi connectivity index (χ4n) is 2.29. The quantitative estimate of drug-likeness (QED) is 0.313. The van der Waals surface area contributed by atoms with E-state index in [1.54, 1.807) is 6.08 Å². The molecule has 1 aliphatic heterocycles. The minimum Gasteiger partial charge on any atom is -0.385 e. The van der Waals surface area contributed by atoms with Crippen LogP contribution in [0, 0.1) is 5.82 Å². The highest BCUT2D eigenvalue weighted by Gasteiger charge is 2.15. The average Bonchev–Trinajstić information content (AvgIpc) is 2.98. The van der Waals surface area contributed by atoms with Gasteiger partial charge in [-0.05, 0) is 56.5 Å². The zero-order valence-corrected chi connectivity index (χ0v) is 17.5. The summed E-state index contributed by atoms with van der Waals surface area (Å²) in [5.74, 6) is -0.205. The van der Waals surface area contributed by atoms with E-state index in [1.165, 1.54) is 28.6 Å². The van der Waals surface area contributed by atoms with E-state index in [-0.39, 0.29) is 5.82 Å². The van der Waals surface area contributed by atoms with Crippen LogP contribution in [0.2, 0.25) is 0 Å². The first-order valence-electron chi connectivity index (χ1n) is 8.83. The summed E-state index contributed by atoms with van der Waals surface area (Å²) < 4.78 is 12.9. The van der Waals surface area contributed by atoms with E-state index in [0.717, 1.165) is 43.3 Å². The van der Waals surface area contributed by atoms with Crippen molar-refractivity contribution in [3.05, 3.63) is 108 Å². The second-order valence-corrected chi connectivity index (χ2v) is 7.82. The second kappa shape index (κ2) is 11.3. The number of allylic oxidation sites excluding steroid dienone is 6. The Kier molecular flexibility index (Phi) is 9.47. The normalized spacial score (nSPS) is 13.8. The molecule has 1 N–H and O–H groups in total. The van der Waals surface area contributed by atoms with Crippen molar-refractivity contribution in [2.24, 2.45) is 0 Å². The molecule has 0 atom stereocenters. The van der Waals surface area contributed by atoms with Crippen LogP contribution in [0.3, 0.4) is 0 Å². The first-order valence-corrected chi connectivity index (χ1v) is 9.73. The molecule has 1 aromatic carbocycles. The number of hydrogen-bond acceptors (Lipinski definition) is 1. The number of halogens is 1. The van der Waals surface area contributed by atoms with Crippen LogP contribution in [0.5, 0.6) is 0 Å². The van der Waals surface area contributed by atoms with Gasteiger partial charge in [0.1, 0.15) is 5.82 Å². The molecule has 0 spiro atoms. The van der Waals surface area contributed by atoms with Gasteiger partial charge in [-0.2, -0.15) is 0 Å². The summed E-state index contributed by atoms with van der Waals surface area (Å²) in [5, 5.41) is 5.61. The molecule has 0 bridgehead atoms. The fourth-order valence-corrected chi connectivity index (χ4v) is 3.34. The predicted octanol–water partition coefficient (Wildman–Crippen LogP) is 6.76. The van der Waals surface area contributed by atoms with E-state index >= 15 is 0 Å². The van der Waals surface area contributed by atoms with Gasteiger partial charge in [0.05, 0.1) is 0 Å². The zero-order valence-electron chi connectivity index (χ0n) is 16.6. The molecular weight excluding hydrogens is 352 g/mol. The Bertz CT molecular complexity index is 803. The topological polar surface area (TPSA) is 12.0 Å². The van der Waals surface area contributed by atoms with Crippen LogP contribution in [0.4, 0.5) is 4.39 Å². The summed E-state index contributed by atoms with van der Waals surface area (Å²) in [5.41, 5.74) is 5.40. The van der Waals surface area contributed by atoms with Crippen molar-refractivity contribution in [2.75, 3.05) is 6.54 Å². The van der Waals surface area contributed by atoms with Crippen LogP contribution in [-0.4, -0.2) is 11.8 Å². The fraction of sp³-hybridized carbons (Fsp3) is 0.208. The second-order valence-electron chi connectivity index (χ2n) is 6.58. The molecule has 27 heavy (non-hydrogen) atoms. The summed E-state index contributed by atoms with van der Waals surface area (Å²) in [6.07, 6.45) is 6.75.